The number of hydrogen-bond donors (Lipinski definition) is 0. The molecule has 0 bridgehead atoms. The number of benzene rings is 3. The molecule has 0 amide bonds. The second kappa shape index (κ2) is 9.85. The van der Waals surface area contributed by atoms with Crippen molar-refractivity contribution < 1.29 is 23.7 Å². The summed E-state index contributed by atoms with van der Waals surface area (Å²) >= 11 is 1.60. The second-order valence-electron chi connectivity index (χ2n) is 6.92. The highest BCUT2D eigenvalue weighted by molar-refractivity contribution is 7.97. The molecule has 1 aliphatic heterocycles. The Bertz CT molecular complexity index is 1010. The molecule has 1 heterocycles. The van der Waals surface area contributed by atoms with E-state index in [1.165, 1.54) is 0 Å². The molecule has 0 spiro atoms. The van der Waals surface area contributed by atoms with Crippen molar-refractivity contribution in [3.63, 3.8) is 0 Å². The molecule has 3 aromatic carbocycles. The fourth-order valence-electron chi connectivity index (χ4n) is 3.26. The van der Waals surface area contributed by atoms with E-state index in [2.05, 4.69) is 4.31 Å². The Morgan fingerprint density at radius 2 is 1.65 bits per heavy atom. The van der Waals surface area contributed by atoms with Gasteiger partial charge < -0.3 is 23.7 Å². The van der Waals surface area contributed by atoms with Crippen LogP contribution in [0.25, 0.3) is 0 Å². The summed E-state index contributed by atoms with van der Waals surface area (Å²) in [7, 11) is 4.93. The first-order valence-corrected chi connectivity index (χ1v) is 10.6. The predicted molar refractivity (Wildman–Crippen MR) is 120 cm³/mol. The zero-order valence-electron chi connectivity index (χ0n) is 17.8. The molecule has 3 aromatic rings. The van der Waals surface area contributed by atoms with E-state index < -0.39 is 0 Å². The molecule has 0 radical (unpaired) electrons. The summed E-state index contributed by atoms with van der Waals surface area (Å²) in [5.41, 5.74) is 2.20. The van der Waals surface area contributed by atoms with Gasteiger partial charge in [-0.05, 0) is 35.2 Å². The van der Waals surface area contributed by atoms with Gasteiger partial charge in [-0.3, -0.25) is 0 Å². The van der Waals surface area contributed by atoms with Crippen LogP contribution in [0.3, 0.4) is 0 Å². The summed E-state index contributed by atoms with van der Waals surface area (Å²) in [5, 5.41) is 0. The normalized spacial score (nSPS) is 13.1. The van der Waals surface area contributed by atoms with Crippen LogP contribution < -0.4 is 23.7 Å². The number of nitrogens with zero attached hydrogens (tertiary/aromatic N) is 1. The van der Waals surface area contributed by atoms with Crippen LogP contribution in [0.1, 0.15) is 11.1 Å². The summed E-state index contributed by atoms with van der Waals surface area (Å²) < 4.78 is 30.4. The van der Waals surface area contributed by atoms with Gasteiger partial charge in [0.2, 0.25) is 0 Å². The van der Waals surface area contributed by atoms with E-state index in [1.54, 1.807) is 33.3 Å². The number of fused-ring (bicyclic) bond motifs is 1. The van der Waals surface area contributed by atoms with Crippen LogP contribution in [0.5, 0.6) is 28.7 Å². The van der Waals surface area contributed by atoms with Gasteiger partial charge in [-0.2, -0.15) is 0 Å². The molecule has 0 unspecified atom stereocenters. The van der Waals surface area contributed by atoms with Crippen molar-refractivity contribution in [2.75, 3.05) is 28.1 Å². The average molecular weight is 440 g/mol. The van der Waals surface area contributed by atoms with E-state index in [9.17, 15) is 0 Å². The van der Waals surface area contributed by atoms with E-state index in [0.29, 0.717) is 31.4 Å². The topological polar surface area (TPSA) is 49.4 Å². The molecule has 0 aromatic heterocycles. The van der Waals surface area contributed by atoms with Gasteiger partial charge in [0.25, 0.3) is 0 Å². The number of hydrogen-bond acceptors (Lipinski definition) is 7. The first-order chi connectivity index (χ1) is 15.2. The van der Waals surface area contributed by atoms with Crippen molar-refractivity contribution in [2.45, 2.75) is 18.0 Å². The van der Waals surface area contributed by atoms with Crippen molar-refractivity contribution in [2.24, 2.45) is 0 Å². The smallest absolute Gasteiger partial charge is 0.161 e. The summed E-state index contributed by atoms with van der Waals surface area (Å²) in [4.78, 5) is 0.935. The number of methoxy groups -OCH3 is 3. The van der Waals surface area contributed by atoms with Crippen LogP contribution in [0.2, 0.25) is 0 Å². The van der Waals surface area contributed by atoms with E-state index in [4.69, 9.17) is 23.7 Å². The average Bonchev–Trinajstić information content (AvgIpc) is 2.83. The Labute approximate surface area is 186 Å². The molecule has 6 nitrogen and oxygen atoms in total. The van der Waals surface area contributed by atoms with Crippen LogP contribution in [0.15, 0.2) is 65.6 Å². The monoisotopic (exact) mass is 439 g/mol. The zero-order valence-corrected chi connectivity index (χ0v) is 18.6. The van der Waals surface area contributed by atoms with Crippen LogP contribution in [-0.4, -0.2) is 32.4 Å². The second-order valence-corrected chi connectivity index (χ2v) is 8.03. The summed E-state index contributed by atoms with van der Waals surface area (Å²) in [6.45, 7) is 1.61. The molecular formula is C24H25NO5S. The Morgan fingerprint density at radius 1 is 0.839 bits per heavy atom. The fraction of sp³-hybridized carbons (Fsp3) is 0.250. The number of ether oxygens (including phenoxy) is 5. The van der Waals surface area contributed by atoms with Gasteiger partial charge in [0.05, 0.1) is 21.3 Å². The maximum absolute atomic E-state index is 5.96. The van der Waals surface area contributed by atoms with Crippen molar-refractivity contribution in [3.05, 3.63) is 71.8 Å². The maximum atomic E-state index is 5.96. The lowest BCUT2D eigenvalue weighted by atomic mass is 10.2. The van der Waals surface area contributed by atoms with Crippen molar-refractivity contribution in [1.82, 2.24) is 4.31 Å². The van der Waals surface area contributed by atoms with Gasteiger partial charge in [0.15, 0.2) is 18.2 Å². The SMILES string of the molecule is COc1cc(OC)c2c(c1)OCN(Cc1ccc(OCc3ccccc3)c(OC)c1)S2. The standard InChI is InChI=1S/C24H25NO5S/c1-26-19-12-22(28-3)24-23(13-19)30-16-25(31-24)14-18-9-10-20(21(11-18)27-2)29-15-17-7-5-4-6-8-17/h4-13H,14-16H2,1-3H3. The molecule has 1 aliphatic rings. The zero-order chi connectivity index (χ0) is 21.6. The van der Waals surface area contributed by atoms with Crippen LogP contribution in [0.4, 0.5) is 0 Å². The van der Waals surface area contributed by atoms with E-state index in [1.807, 2.05) is 60.7 Å². The summed E-state index contributed by atoms with van der Waals surface area (Å²) in [5.74, 6) is 3.63. The van der Waals surface area contributed by atoms with Gasteiger partial charge in [-0.1, -0.05) is 36.4 Å². The third-order valence-corrected chi connectivity index (χ3v) is 5.94. The molecule has 31 heavy (non-hydrogen) atoms. The molecule has 0 N–H and O–H groups in total. The molecule has 0 fully saturated rings. The van der Waals surface area contributed by atoms with E-state index >= 15 is 0 Å². The molecule has 0 atom stereocenters. The van der Waals surface area contributed by atoms with Gasteiger partial charge >= 0.3 is 0 Å². The first kappa shape index (κ1) is 21.2. The van der Waals surface area contributed by atoms with E-state index in [-0.39, 0.29) is 0 Å². The molecule has 0 saturated heterocycles. The number of rotatable bonds is 8. The van der Waals surface area contributed by atoms with Gasteiger partial charge in [0, 0.05) is 18.7 Å². The van der Waals surface area contributed by atoms with Crippen molar-refractivity contribution >= 4 is 11.9 Å². The highest BCUT2D eigenvalue weighted by atomic mass is 32.2. The maximum Gasteiger partial charge on any atom is 0.161 e. The third kappa shape index (κ3) is 5.00. The van der Waals surface area contributed by atoms with Crippen LogP contribution in [0, 0.1) is 0 Å². The molecule has 0 saturated carbocycles. The van der Waals surface area contributed by atoms with Crippen LogP contribution >= 0.6 is 11.9 Å². The first-order valence-electron chi connectivity index (χ1n) is 9.85. The predicted octanol–water partition coefficient (Wildman–Crippen LogP) is 5.15. The molecular weight excluding hydrogens is 414 g/mol. The minimum absolute atomic E-state index is 0.447. The van der Waals surface area contributed by atoms with Crippen LogP contribution in [-0.2, 0) is 13.2 Å². The summed E-state index contributed by atoms with van der Waals surface area (Å²) in [6.07, 6.45) is 0. The lowest BCUT2D eigenvalue weighted by molar-refractivity contribution is 0.190. The lowest BCUT2D eigenvalue weighted by Crippen LogP contribution is -2.25. The van der Waals surface area contributed by atoms with E-state index in [0.717, 1.165) is 33.3 Å². The Kier molecular flexibility index (Phi) is 6.74. The van der Waals surface area contributed by atoms with Crippen molar-refractivity contribution in [3.8, 4) is 28.7 Å². The van der Waals surface area contributed by atoms with Gasteiger partial charge in [-0.25, -0.2) is 4.31 Å². The largest absolute Gasteiger partial charge is 0.496 e. The Hall–Kier alpha value is -3.03. The lowest BCUT2D eigenvalue weighted by Gasteiger charge is -2.29. The van der Waals surface area contributed by atoms with Crippen molar-refractivity contribution in [1.29, 1.82) is 0 Å². The molecule has 7 heteroatoms. The van der Waals surface area contributed by atoms with Gasteiger partial charge in [-0.15, -0.1) is 0 Å². The highest BCUT2D eigenvalue weighted by Gasteiger charge is 2.24. The quantitative estimate of drug-likeness (QED) is 0.450. The van der Waals surface area contributed by atoms with Gasteiger partial charge in [0.1, 0.15) is 28.8 Å². The minimum atomic E-state index is 0.447. The molecule has 0 aliphatic carbocycles. The summed E-state index contributed by atoms with van der Waals surface area (Å²) in [6, 6.07) is 19.8. The Morgan fingerprint density at radius 3 is 2.39 bits per heavy atom. The minimum Gasteiger partial charge on any atom is -0.496 e. The molecule has 162 valence electrons. The Balaban J connectivity index is 1.45. The fourth-order valence-corrected chi connectivity index (χ4v) is 4.28. The molecule has 4 rings (SSSR count). The third-order valence-electron chi connectivity index (χ3n) is 4.86. The highest BCUT2D eigenvalue weighted by Crippen LogP contribution is 2.45.